The molecule has 0 aliphatic rings. The quantitative estimate of drug-likeness (QED) is 0.712. The van der Waals surface area contributed by atoms with Gasteiger partial charge in [0.25, 0.3) is 0 Å². The molecule has 1 aromatic heterocycles. The molecule has 0 saturated carbocycles. The smallest absolute Gasteiger partial charge is 0.129 e. The Labute approximate surface area is 88.9 Å². The van der Waals surface area contributed by atoms with Crippen LogP contribution in [0.15, 0.2) is 18.3 Å². The van der Waals surface area contributed by atoms with Crippen LogP contribution in [0.25, 0.3) is 0 Å². The molecule has 0 unspecified atom stereocenters. The molecule has 0 fully saturated rings. The van der Waals surface area contributed by atoms with Crippen molar-refractivity contribution in [1.82, 2.24) is 4.98 Å². The predicted octanol–water partition coefficient (Wildman–Crippen LogP) is 3.62. The van der Waals surface area contributed by atoms with E-state index in [4.69, 9.17) is 11.6 Å². The molecule has 72 valence electrons. The summed E-state index contributed by atoms with van der Waals surface area (Å²) in [6.07, 6.45) is 1.76. The second-order valence-corrected chi connectivity index (χ2v) is 4.81. The largest absolute Gasteiger partial charge is 0.245 e. The maximum atomic E-state index is 5.77. The molecule has 0 atom stereocenters. The van der Waals surface area contributed by atoms with Crippen molar-refractivity contribution in [3.05, 3.63) is 29.0 Å². The van der Waals surface area contributed by atoms with Crippen molar-refractivity contribution in [3.8, 4) is 0 Å². The normalized spacial score (nSPS) is 10.8. The van der Waals surface area contributed by atoms with Gasteiger partial charge < -0.3 is 0 Å². The van der Waals surface area contributed by atoms with Crippen molar-refractivity contribution in [2.24, 2.45) is 5.92 Å². The van der Waals surface area contributed by atoms with Crippen LogP contribution in [0.4, 0.5) is 0 Å². The van der Waals surface area contributed by atoms with Crippen LogP contribution >= 0.6 is 23.4 Å². The molecule has 1 heterocycles. The van der Waals surface area contributed by atoms with Gasteiger partial charge >= 0.3 is 0 Å². The fourth-order valence-electron chi connectivity index (χ4n) is 0.945. The third kappa shape index (κ3) is 4.53. The summed E-state index contributed by atoms with van der Waals surface area (Å²) in [5.74, 6) is 2.97. The van der Waals surface area contributed by atoms with Crippen LogP contribution in [0.2, 0.25) is 5.15 Å². The van der Waals surface area contributed by atoms with Crippen molar-refractivity contribution in [2.45, 2.75) is 19.6 Å². The van der Waals surface area contributed by atoms with Crippen LogP contribution in [0.5, 0.6) is 0 Å². The Bertz CT molecular complexity index is 263. The number of hydrogen-bond donors (Lipinski definition) is 0. The molecule has 0 N–H and O–H groups in total. The van der Waals surface area contributed by atoms with Crippen LogP contribution in [-0.4, -0.2) is 10.7 Å². The lowest BCUT2D eigenvalue weighted by Gasteiger charge is -2.04. The molecule has 0 aliphatic heterocycles. The Hall–Kier alpha value is -0.210. The van der Waals surface area contributed by atoms with Gasteiger partial charge in [-0.3, -0.25) is 0 Å². The molecule has 0 amide bonds. The third-order valence-corrected chi connectivity index (χ3v) is 3.16. The second kappa shape index (κ2) is 5.51. The number of pyridine rings is 1. The zero-order valence-corrected chi connectivity index (χ0v) is 9.53. The molecule has 13 heavy (non-hydrogen) atoms. The molecule has 0 aromatic carbocycles. The molecule has 0 bridgehead atoms. The molecule has 1 aromatic rings. The van der Waals surface area contributed by atoms with E-state index in [2.05, 4.69) is 18.8 Å². The van der Waals surface area contributed by atoms with Crippen molar-refractivity contribution < 1.29 is 0 Å². The SMILES string of the molecule is CC(C)CSCc1ccnc(Cl)c1. The molecular weight excluding hydrogens is 202 g/mol. The molecular formula is C10H14ClNS. The van der Waals surface area contributed by atoms with Gasteiger partial charge in [0.15, 0.2) is 0 Å². The summed E-state index contributed by atoms with van der Waals surface area (Å²) in [4.78, 5) is 3.94. The van der Waals surface area contributed by atoms with Gasteiger partial charge in [-0.1, -0.05) is 25.4 Å². The summed E-state index contributed by atoms with van der Waals surface area (Å²) in [6.45, 7) is 4.46. The maximum absolute atomic E-state index is 5.77. The highest BCUT2D eigenvalue weighted by Gasteiger charge is 1.97. The van der Waals surface area contributed by atoms with Crippen LogP contribution in [0, 0.1) is 5.92 Å². The zero-order chi connectivity index (χ0) is 9.68. The number of hydrogen-bond acceptors (Lipinski definition) is 2. The molecule has 0 aliphatic carbocycles. The lowest BCUT2D eigenvalue weighted by Crippen LogP contribution is -1.91. The Morgan fingerprint density at radius 2 is 2.31 bits per heavy atom. The van der Waals surface area contributed by atoms with Gasteiger partial charge in [0.2, 0.25) is 0 Å². The van der Waals surface area contributed by atoms with Gasteiger partial charge in [-0.15, -0.1) is 0 Å². The number of aromatic nitrogens is 1. The van der Waals surface area contributed by atoms with Gasteiger partial charge in [0, 0.05) is 11.9 Å². The van der Waals surface area contributed by atoms with E-state index < -0.39 is 0 Å². The van der Waals surface area contributed by atoms with Crippen molar-refractivity contribution >= 4 is 23.4 Å². The lowest BCUT2D eigenvalue weighted by molar-refractivity contribution is 0.750. The third-order valence-electron chi connectivity index (χ3n) is 1.51. The van der Waals surface area contributed by atoms with Crippen LogP contribution in [0.3, 0.4) is 0 Å². The minimum absolute atomic E-state index is 0.586. The first kappa shape index (κ1) is 10.9. The molecule has 1 nitrogen and oxygen atoms in total. The molecule has 0 saturated heterocycles. The van der Waals surface area contributed by atoms with E-state index in [1.54, 1.807) is 6.20 Å². The average Bonchev–Trinajstić information content (AvgIpc) is 2.03. The number of nitrogens with zero attached hydrogens (tertiary/aromatic N) is 1. The molecule has 3 heteroatoms. The van der Waals surface area contributed by atoms with Crippen LogP contribution in [0.1, 0.15) is 19.4 Å². The van der Waals surface area contributed by atoms with Crippen LogP contribution < -0.4 is 0 Å². The van der Waals surface area contributed by atoms with E-state index in [9.17, 15) is 0 Å². The Balaban J connectivity index is 2.37. The van der Waals surface area contributed by atoms with Crippen LogP contribution in [-0.2, 0) is 5.75 Å². The summed E-state index contributed by atoms with van der Waals surface area (Å²) < 4.78 is 0. The van der Waals surface area contributed by atoms with E-state index in [1.165, 1.54) is 11.3 Å². The van der Waals surface area contributed by atoms with E-state index in [0.29, 0.717) is 5.15 Å². The summed E-state index contributed by atoms with van der Waals surface area (Å²) >= 11 is 7.70. The highest BCUT2D eigenvalue weighted by molar-refractivity contribution is 7.98. The van der Waals surface area contributed by atoms with E-state index in [0.717, 1.165) is 11.7 Å². The first-order chi connectivity index (χ1) is 6.18. The van der Waals surface area contributed by atoms with Gasteiger partial charge in [-0.05, 0) is 29.4 Å². The summed E-state index contributed by atoms with van der Waals surface area (Å²) in [6, 6.07) is 3.94. The van der Waals surface area contributed by atoms with Crippen molar-refractivity contribution in [2.75, 3.05) is 5.75 Å². The molecule has 0 radical (unpaired) electrons. The minimum atomic E-state index is 0.586. The fourth-order valence-corrected chi connectivity index (χ4v) is 2.15. The summed E-state index contributed by atoms with van der Waals surface area (Å²) in [5, 5.41) is 0.586. The number of rotatable bonds is 4. The fraction of sp³-hybridized carbons (Fsp3) is 0.500. The maximum Gasteiger partial charge on any atom is 0.129 e. The number of thioether (sulfide) groups is 1. The summed E-state index contributed by atoms with van der Waals surface area (Å²) in [5.41, 5.74) is 1.26. The Morgan fingerprint density at radius 1 is 1.54 bits per heavy atom. The Morgan fingerprint density at radius 3 is 2.92 bits per heavy atom. The van der Waals surface area contributed by atoms with Gasteiger partial charge in [0.1, 0.15) is 5.15 Å². The minimum Gasteiger partial charge on any atom is -0.245 e. The van der Waals surface area contributed by atoms with E-state index >= 15 is 0 Å². The molecule has 1 rings (SSSR count). The first-order valence-corrected chi connectivity index (χ1v) is 5.90. The first-order valence-electron chi connectivity index (χ1n) is 4.36. The van der Waals surface area contributed by atoms with Gasteiger partial charge in [-0.2, -0.15) is 11.8 Å². The average molecular weight is 216 g/mol. The zero-order valence-electron chi connectivity index (χ0n) is 7.96. The topological polar surface area (TPSA) is 12.9 Å². The van der Waals surface area contributed by atoms with Gasteiger partial charge in [0.05, 0.1) is 0 Å². The van der Waals surface area contributed by atoms with E-state index in [-0.39, 0.29) is 0 Å². The Kier molecular flexibility index (Phi) is 4.60. The lowest BCUT2D eigenvalue weighted by atomic mass is 10.3. The highest BCUT2D eigenvalue weighted by atomic mass is 35.5. The highest BCUT2D eigenvalue weighted by Crippen LogP contribution is 2.16. The van der Waals surface area contributed by atoms with Crippen molar-refractivity contribution in [1.29, 1.82) is 0 Å². The van der Waals surface area contributed by atoms with E-state index in [1.807, 2.05) is 23.9 Å². The monoisotopic (exact) mass is 215 g/mol. The predicted molar refractivity (Wildman–Crippen MR) is 60.2 cm³/mol. The standard InChI is InChI=1S/C10H14ClNS/c1-8(2)6-13-7-9-3-4-12-10(11)5-9/h3-5,8H,6-7H2,1-2H3. The molecule has 0 spiro atoms. The second-order valence-electron chi connectivity index (χ2n) is 3.40. The number of halogens is 1. The summed E-state index contributed by atoms with van der Waals surface area (Å²) in [7, 11) is 0. The van der Waals surface area contributed by atoms with Gasteiger partial charge in [-0.25, -0.2) is 4.98 Å². The van der Waals surface area contributed by atoms with Crippen molar-refractivity contribution in [3.63, 3.8) is 0 Å².